The normalized spacial score (nSPS) is 11.4. The Hall–Kier alpha value is -2.10. The summed E-state index contributed by atoms with van der Waals surface area (Å²) in [6.07, 6.45) is 2.08. The molecule has 0 saturated heterocycles. The molecule has 2 heterocycles. The fourth-order valence-corrected chi connectivity index (χ4v) is 3.08. The average molecular weight is 342 g/mol. The van der Waals surface area contributed by atoms with Crippen LogP contribution in [0.4, 0.5) is 0 Å². The van der Waals surface area contributed by atoms with Crippen LogP contribution in [0.3, 0.4) is 0 Å². The number of hydrogen-bond donors (Lipinski definition) is 0. The number of nitrogens with zero attached hydrogens (tertiary/aromatic N) is 3. The Bertz CT molecular complexity index is 1020. The van der Waals surface area contributed by atoms with Gasteiger partial charge in [0.1, 0.15) is 5.52 Å². The van der Waals surface area contributed by atoms with Gasteiger partial charge in [0.25, 0.3) is 0 Å². The highest BCUT2D eigenvalue weighted by Gasteiger charge is 2.12. The number of aromatic nitrogens is 3. The van der Waals surface area contributed by atoms with Gasteiger partial charge in [-0.1, -0.05) is 53.5 Å². The Morgan fingerprint density at radius 3 is 2.30 bits per heavy atom. The Kier molecular flexibility index (Phi) is 3.47. The molecule has 4 rings (SSSR count). The molecule has 0 aliphatic carbocycles. The van der Waals surface area contributed by atoms with Gasteiger partial charge in [0.2, 0.25) is 0 Å². The molecule has 0 aliphatic rings. The van der Waals surface area contributed by atoms with Crippen molar-refractivity contribution in [3.05, 3.63) is 69.8 Å². The van der Waals surface area contributed by atoms with Crippen molar-refractivity contribution in [2.24, 2.45) is 0 Å². The van der Waals surface area contributed by atoms with Gasteiger partial charge in [-0.15, -0.1) is 0 Å². The summed E-state index contributed by atoms with van der Waals surface area (Å²) in [5, 5.41) is 0.986. The summed E-state index contributed by atoms with van der Waals surface area (Å²) in [5.74, 6) is 0. The summed E-state index contributed by atoms with van der Waals surface area (Å²) < 4.78 is 2.12. The number of halogens is 2. The van der Waals surface area contributed by atoms with Crippen LogP contribution < -0.4 is 0 Å². The fourth-order valence-electron chi connectivity index (χ4n) is 2.76. The van der Waals surface area contributed by atoms with Crippen LogP contribution in [0, 0.1) is 6.92 Å². The molecule has 0 radical (unpaired) electrons. The second-order valence-electron chi connectivity index (χ2n) is 5.58. The Balaban J connectivity index is 1.92. The highest BCUT2D eigenvalue weighted by molar-refractivity contribution is 6.42. The number of rotatable bonds is 2. The predicted octanol–water partition coefficient (Wildman–Crippen LogP) is 5.25. The van der Waals surface area contributed by atoms with E-state index in [1.807, 2.05) is 25.1 Å². The molecule has 23 heavy (non-hydrogen) atoms. The van der Waals surface area contributed by atoms with Crippen LogP contribution in [-0.2, 0) is 6.54 Å². The van der Waals surface area contributed by atoms with Crippen molar-refractivity contribution >= 4 is 45.4 Å². The van der Waals surface area contributed by atoms with Crippen molar-refractivity contribution in [3.8, 4) is 0 Å². The third kappa shape index (κ3) is 2.56. The predicted molar refractivity (Wildman–Crippen MR) is 95.3 cm³/mol. The van der Waals surface area contributed by atoms with Crippen molar-refractivity contribution in [2.45, 2.75) is 13.5 Å². The van der Waals surface area contributed by atoms with Crippen LogP contribution in [0.15, 0.2) is 48.7 Å². The van der Waals surface area contributed by atoms with E-state index in [1.54, 1.807) is 12.1 Å². The summed E-state index contributed by atoms with van der Waals surface area (Å²) in [5.41, 5.74) is 5.58. The lowest BCUT2D eigenvalue weighted by Crippen LogP contribution is -1.99. The Morgan fingerprint density at radius 2 is 1.61 bits per heavy atom. The summed E-state index contributed by atoms with van der Waals surface area (Å²) in [7, 11) is 0. The van der Waals surface area contributed by atoms with E-state index < -0.39 is 0 Å². The van der Waals surface area contributed by atoms with Crippen LogP contribution in [0.1, 0.15) is 11.1 Å². The zero-order valence-electron chi connectivity index (χ0n) is 12.4. The van der Waals surface area contributed by atoms with Crippen molar-refractivity contribution in [1.29, 1.82) is 0 Å². The maximum absolute atomic E-state index is 6.11. The molecule has 0 fully saturated rings. The number of fused-ring (bicyclic) bond motifs is 2. The third-order valence-electron chi connectivity index (χ3n) is 3.88. The zero-order valence-corrected chi connectivity index (χ0v) is 13.9. The molecule has 5 heteroatoms. The van der Waals surface area contributed by atoms with Gasteiger partial charge in [0.15, 0.2) is 5.65 Å². The molecule has 0 N–H and O–H groups in total. The lowest BCUT2D eigenvalue weighted by molar-refractivity contribution is 0.824. The monoisotopic (exact) mass is 341 g/mol. The highest BCUT2D eigenvalue weighted by atomic mass is 35.5. The fraction of sp³-hybridized carbons (Fsp3) is 0.111. The van der Waals surface area contributed by atoms with E-state index >= 15 is 0 Å². The number of hydrogen-bond acceptors (Lipinski definition) is 2. The van der Waals surface area contributed by atoms with Crippen LogP contribution >= 0.6 is 23.2 Å². The summed E-state index contributed by atoms with van der Waals surface area (Å²) in [4.78, 5) is 9.47. The zero-order chi connectivity index (χ0) is 16.0. The molecule has 0 amide bonds. The lowest BCUT2D eigenvalue weighted by Gasteiger charge is -2.06. The van der Waals surface area contributed by atoms with E-state index in [-0.39, 0.29) is 0 Å². The number of aryl methyl sites for hydroxylation is 1. The molecular formula is C18H13Cl2N3. The second kappa shape index (κ2) is 5.52. The van der Waals surface area contributed by atoms with E-state index in [2.05, 4.69) is 22.9 Å². The van der Waals surface area contributed by atoms with Gasteiger partial charge in [-0.25, -0.2) is 9.97 Å². The van der Waals surface area contributed by atoms with Gasteiger partial charge in [-0.3, -0.25) is 0 Å². The molecule has 2 aromatic heterocycles. The minimum absolute atomic E-state index is 0.491. The van der Waals surface area contributed by atoms with Gasteiger partial charge in [-0.05, 0) is 30.2 Å². The summed E-state index contributed by atoms with van der Waals surface area (Å²) >= 11 is 12.2. The van der Waals surface area contributed by atoms with Crippen LogP contribution in [0.5, 0.6) is 0 Å². The smallest absolute Gasteiger partial charge is 0.159 e. The first kappa shape index (κ1) is 14.5. The van der Waals surface area contributed by atoms with Crippen molar-refractivity contribution < 1.29 is 0 Å². The van der Waals surface area contributed by atoms with Gasteiger partial charge >= 0.3 is 0 Å². The first-order valence-corrected chi connectivity index (χ1v) is 8.03. The molecule has 114 valence electrons. The first-order chi connectivity index (χ1) is 11.1. The topological polar surface area (TPSA) is 30.7 Å². The maximum atomic E-state index is 6.11. The maximum Gasteiger partial charge on any atom is 0.159 e. The minimum atomic E-state index is 0.491. The molecule has 0 bridgehead atoms. The SMILES string of the molecule is Cc1cn(Cc2ccccc2)c2nc3cc(Cl)c(Cl)cc3nc12. The highest BCUT2D eigenvalue weighted by Crippen LogP contribution is 2.28. The van der Waals surface area contributed by atoms with Gasteiger partial charge in [0, 0.05) is 12.7 Å². The van der Waals surface area contributed by atoms with Gasteiger partial charge in [-0.2, -0.15) is 0 Å². The molecule has 4 aromatic rings. The molecular weight excluding hydrogens is 329 g/mol. The van der Waals surface area contributed by atoms with E-state index in [1.165, 1.54) is 5.56 Å². The van der Waals surface area contributed by atoms with Gasteiger partial charge < -0.3 is 4.57 Å². The quantitative estimate of drug-likeness (QED) is 0.498. The number of benzene rings is 2. The average Bonchev–Trinajstić information content (AvgIpc) is 2.83. The van der Waals surface area contributed by atoms with Crippen molar-refractivity contribution in [1.82, 2.24) is 14.5 Å². The van der Waals surface area contributed by atoms with E-state index in [0.717, 1.165) is 34.3 Å². The standard InChI is InChI=1S/C18H13Cl2N3/c1-11-9-23(10-12-5-3-2-4-6-12)18-17(11)21-15-7-13(19)14(20)8-16(15)22-18/h2-9H,10H2,1H3. The van der Waals surface area contributed by atoms with E-state index in [9.17, 15) is 0 Å². The van der Waals surface area contributed by atoms with E-state index in [0.29, 0.717) is 10.0 Å². The van der Waals surface area contributed by atoms with E-state index in [4.69, 9.17) is 33.2 Å². The van der Waals surface area contributed by atoms with Gasteiger partial charge in [0.05, 0.1) is 21.1 Å². The molecule has 0 aliphatic heterocycles. The molecule has 3 nitrogen and oxygen atoms in total. The van der Waals surface area contributed by atoms with Crippen molar-refractivity contribution in [2.75, 3.05) is 0 Å². The largest absolute Gasteiger partial charge is 0.326 e. The summed E-state index contributed by atoms with van der Waals surface area (Å²) in [6.45, 7) is 2.80. The lowest BCUT2D eigenvalue weighted by atomic mass is 10.2. The Labute approximate surface area is 143 Å². The molecule has 0 spiro atoms. The van der Waals surface area contributed by atoms with Crippen LogP contribution in [-0.4, -0.2) is 14.5 Å². The summed E-state index contributed by atoms with van der Waals surface area (Å²) in [6, 6.07) is 13.8. The molecule has 2 aromatic carbocycles. The minimum Gasteiger partial charge on any atom is -0.326 e. The molecule has 0 unspecified atom stereocenters. The third-order valence-corrected chi connectivity index (χ3v) is 4.60. The molecule has 0 atom stereocenters. The van der Waals surface area contributed by atoms with Crippen molar-refractivity contribution in [3.63, 3.8) is 0 Å². The molecule has 0 saturated carbocycles. The van der Waals surface area contributed by atoms with Crippen LogP contribution in [0.2, 0.25) is 10.0 Å². The van der Waals surface area contributed by atoms with Crippen LogP contribution in [0.25, 0.3) is 22.2 Å². The second-order valence-corrected chi connectivity index (χ2v) is 6.39. The first-order valence-electron chi connectivity index (χ1n) is 7.28. The Morgan fingerprint density at radius 1 is 0.957 bits per heavy atom.